The average molecular weight is 485 g/mol. The molecule has 0 spiro atoms. The van der Waals surface area contributed by atoms with Crippen LogP contribution in [-0.4, -0.2) is 19.4 Å². The van der Waals surface area contributed by atoms with Crippen LogP contribution in [-0.2, 0) is 0 Å². The summed E-state index contributed by atoms with van der Waals surface area (Å²) in [6.07, 6.45) is 0. The highest BCUT2D eigenvalue weighted by Gasteiger charge is 2.13. The summed E-state index contributed by atoms with van der Waals surface area (Å²) < 4.78 is 2.28. The van der Waals surface area contributed by atoms with Crippen molar-refractivity contribution in [1.82, 2.24) is 19.4 Å². The fourth-order valence-corrected chi connectivity index (χ4v) is 6.18. The Balaban J connectivity index is 1.66. The third kappa shape index (κ3) is 2.58. The molecule has 4 nitrogen and oxygen atoms in total. The lowest BCUT2D eigenvalue weighted by molar-refractivity contribution is 1.27. The van der Waals surface area contributed by atoms with Crippen molar-refractivity contribution in [1.29, 1.82) is 0 Å². The molecule has 176 valence electrons. The van der Waals surface area contributed by atoms with Gasteiger partial charge in [0.1, 0.15) is 5.65 Å². The summed E-state index contributed by atoms with van der Waals surface area (Å²) in [6, 6.07) is 40.8. The molecule has 4 aromatic carbocycles. The van der Waals surface area contributed by atoms with Gasteiger partial charge in [-0.1, -0.05) is 72.8 Å². The van der Waals surface area contributed by atoms with Gasteiger partial charge in [0.15, 0.2) is 0 Å². The highest BCUT2D eigenvalue weighted by molar-refractivity contribution is 6.21. The molecule has 0 aliphatic rings. The van der Waals surface area contributed by atoms with E-state index in [1.807, 2.05) is 0 Å². The number of fused-ring (bicyclic) bond motifs is 13. The van der Waals surface area contributed by atoms with E-state index in [-0.39, 0.29) is 0 Å². The van der Waals surface area contributed by atoms with E-state index in [2.05, 4.69) is 125 Å². The number of aromatic nitrogens is 4. The molecule has 0 unspecified atom stereocenters. The zero-order valence-corrected chi connectivity index (χ0v) is 20.3. The molecule has 5 heterocycles. The fraction of sp³-hybridized carbons (Fsp3) is 0. The van der Waals surface area contributed by atoms with Crippen LogP contribution < -0.4 is 0 Å². The van der Waals surface area contributed by atoms with E-state index >= 15 is 0 Å². The van der Waals surface area contributed by atoms with Crippen LogP contribution in [0.2, 0.25) is 0 Å². The van der Waals surface area contributed by atoms with Gasteiger partial charge in [-0.25, -0.2) is 9.97 Å². The molecule has 1 N–H and O–H groups in total. The van der Waals surface area contributed by atoms with E-state index in [4.69, 9.17) is 9.97 Å². The van der Waals surface area contributed by atoms with Crippen molar-refractivity contribution in [3.8, 4) is 0 Å². The number of hydrogen-bond donors (Lipinski definition) is 1. The van der Waals surface area contributed by atoms with Crippen LogP contribution in [0.3, 0.4) is 0 Å². The summed E-state index contributed by atoms with van der Waals surface area (Å²) in [7, 11) is 0. The first-order valence-electron chi connectivity index (χ1n) is 12.9. The molecule has 0 atom stereocenters. The number of nitrogens with zero attached hydrogens (tertiary/aromatic N) is 3. The number of para-hydroxylation sites is 3. The second kappa shape index (κ2) is 7.17. The molecule has 0 saturated heterocycles. The molecule has 9 aromatic rings. The number of aromatic amines is 1. The van der Waals surface area contributed by atoms with E-state index in [0.717, 1.165) is 65.8 Å². The van der Waals surface area contributed by atoms with Crippen LogP contribution in [0.25, 0.3) is 82.0 Å². The van der Waals surface area contributed by atoms with Gasteiger partial charge >= 0.3 is 0 Å². The van der Waals surface area contributed by atoms with Crippen LogP contribution in [0, 0.1) is 0 Å². The van der Waals surface area contributed by atoms with Gasteiger partial charge in [0.25, 0.3) is 0 Å². The molecule has 4 heteroatoms. The minimum Gasteiger partial charge on any atom is -0.353 e. The summed E-state index contributed by atoms with van der Waals surface area (Å²) in [6.45, 7) is 0. The lowest BCUT2D eigenvalue weighted by Crippen LogP contribution is -1.88. The van der Waals surface area contributed by atoms with Crippen LogP contribution in [0.5, 0.6) is 0 Å². The topological polar surface area (TPSA) is 46.0 Å². The second-order valence-electron chi connectivity index (χ2n) is 9.96. The summed E-state index contributed by atoms with van der Waals surface area (Å²) in [4.78, 5) is 14.3. The Morgan fingerprint density at radius 3 is 1.97 bits per heavy atom. The lowest BCUT2D eigenvalue weighted by atomic mass is 10.1. The van der Waals surface area contributed by atoms with Gasteiger partial charge in [-0.2, -0.15) is 0 Å². The zero-order chi connectivity index (χ0) is 24.8. The largest absolute Gasteiger partial charge is 0.353 e. The Hall–Kier alpha value is -5.22. The number of pyridine rings is 2. The van der Waals surface area contributed by atoms with E-state index in [1.165, 1.54) is 16.2 Å². The third-order valence-electron chi connectivity index (χ3n) is 7.89. The van der Waals surface area contributed by atoms with Crippen LogP contribution in [0.4, 0.5) is 0 Å². The lowest BCUT2D eigenvalue weighted by Gasteiger charge is -2.02. The van der Waals surface area contributed by atoms with E-state index in [9.17, 15) is 0 Å². The van der Waals surface area contributed by atoms with Gasteiger partial charge < -0.3 is 4.98 Å². The molecule has 8 bridgehead atoms. The van der Waals surface area contributed by atoms with Crippen molar-refractivity contribution in [2.45, 2.75) is 0 Å². The molecular weight excluding hydrogens is 464 g/mol. The maximum Gasteiger partial charge on any atom is 0.146 e. The van der Waals surface area contributed by atoms with Crippen molar-refractivity contribution in [3.05, 3.63) is 115 Å². The molecule has 9 rings (SSSR count). The third-order valence-corrected chi connectivity index (χ3v) is 7.89. The predicted octanol–water partition coefficient (Wildman–Crippen LogP) is 8.69. The first kappa shape index (κ1) is 19.9. The Morgan fingerprint density at radius 2 is 1.13 bits per heavy atom. The first-order valence-corrected chi connectivity index (χ1v) is 12.9. The Kier molecular flexibility index (Phi) is 3.76. The number of nitrogens with one attached hydrogen (secondary N) is 1. The predicted molar refractivity (Wildman–Crippen MR) is 159 cm³/mol. The maximum absolute atomic E-state index is 5.33. The molecule has 0 aliphatic carbocycles. The molecule has 0 radical (unpaired) electrons. The van der Waals surface area contributed by atoms with Gasteiger partial charge in [-0.3, -0.25) is 4.40 Å². The monoisotopic (exact) mass is 484 g/mol. The standard InChI is InChI=1S/C34H20N4/c1-2-16-31-22(9-1)25-17-18-30-27-13-5-11-24-23-10-4-12-26(32(23)37-33(24)27)29-15-6-14-28(35-29)20-7-3-8-21(19-20)38(31)34(25)36-30/h1-19,37H. The average Bonchev–Trinajstić information content (AvgIpc) is 3.52. The van der Waals surface area contributed by atoms with Gasteiger partial charge in [0, 0.05) is 43.2 Å². The van der Waals surface area contributed by atoms with E-state index < -0.39 is 0 Å². The number of hydrogen-bond acceptors (Lipinski definition) is 2. The summed E-state index contributed by atoms with van der Waals surface area (Å²) in [5.41, 5.74) is 8.20. The Bertz CT molecular complexity index is 2460. The fourth-order valence-electron chi connectivity index (χ4n) is 6.18. The number of rotatable bonds is 0. The summed E-state index contributed by atoms with van der Waals surface area (Å²) in [5, 5.41) is 7.98. The molecule has 0 saturated carbocycles. The van der Waals surface area contributed by atoms with Crippen molar-refractivity contribution >= 4 is 82.0 Å². The summed E-state index contributed by atoms with van der Waals surface area (Å²) in [5.74, 6) is 0. The van der Waals surface area contributed by atoms with Gasteiger partial charge in [-0.05, 0) is 42.5 Å². The number of H-pyrrole nitrogens is 1. The Morgan fingerprint density at radius 1 is 0.474 bits per heavy atom. The van der Waals surface area contributed by atoms with Crippen LogP contribution in [0.1, 0.15) is 0 Å². The van der Waals surface area contributed by atoms with E-state index in [0.29, 0.717) is 0 Å². The first-order chi connectivity index (χ1) is 18.8. The van der Waals surface area contributed by atoms with Crippen LogP contribution >= 0.6 is 0 Å². The van der Waals surface area contributed by atoms with Crippen molar-refractivity contribution in [2.24, 2.45) is 0 Å². The number of benzene rings is 4. The normalized spacial score (nSPS) is 12.2. The van der Waals surface area contributed by atoms with Gasteiger partial charge in [-0.15, -0.1) is 0 Å². The minimum atomic E-state index is 0.947. The van der Waals surface area contributed by atoms with Crippen molar-refractivity contribution < 1.29 is 0 Å². The molecular formula is C34H20N4. The highest BCUT2D eigenvalue weighted by Crippen LogP contribution is 2.34. The molecule has 0 fully saturated rings. The maximum atomic E-state index is 5.33. The van der Waals surface area contributed by atoms with Crippen molar-refractivity contribution in [3.63, 3.8) is 0 Å². The van der Waals surface area contributed by atoms with E-state index in [1.54, 1.807) is 0 Å². The molecule has 5 aromatic heterocycles. The summed E-state index contributed by atoms with van der Waals surface area (Å²) >= 11 is 0. The smallest absolute Gasteiger partial charge is 0.146 e. The SMILES string of the molecule is c1cc2nc(c1)c1cccc3c4cccc(c5ccc6c7ccccc7n(c7cccc2c7)c6n5)c4[nH]c13. The van der Waals surface area contributed by atoms with Crippen molar-refractivity contribution in [2.75, 3.05) is 0 Å². The molecule has 0 amide bonds. The second-order valence-corrected chi connectivity index (χ2v) is 9.96. The zero-order valence-electron chi connectivity index (χ0n) is 20.3. The van der Waals surface area contributed by atoms with Gasteiger partial charge in [0.2, 0.25) is 0 Å². The highest BCUT2D eigenvalue weighted by atomic mass is 15.0. The Labute approximate surface area is 216 Å². The minimum absolute atomic E-state index is 0.947. The van der Waals surface area contributed by atoms with Gasteiger partial charge in [0.05, 0.1) is 33.1 Å². The molecule has 0 aliphatic heterocycles. The van der Waals surface area contributed by atoms with Crippen LogP contribution in [0.15, 0.2) is 115 Å². The quantitative estimate of drug-likeness (QED) is 0.234. The molecule has 38 heavy (non-hydrogen) atoms.